The van der Waals surface area contributed by atoms with Gasteiger partial charge in [0.2, 0.25) is 0 Å². The summed E-state index contributed by atoms with van der Waals surface area (Å²) in [5.41, 5.74) is 1.01. The molecule has 0 fully saturated rings. The van der Waals surface area contributed by atoms with Crippen molar-refractivity contribution >= 4 is 21.9 Å². The summed E-state index contributed by atoms with van der Waals surface area (Å²) in [5, 5.41) is 16.2. The minimum absolute atomic E-state index is 0.0922. The quantitative estimate of drug-likeness (QED) is 0.943. The van der Waals surface area contributed by atoms with Gasteiger partial charge in [0.15, 0.2) is 5.69 Å². The van der Waals surface area contributed by atoms with Gasteiger partial charge in [0.1, 0.15) is 5.82 Å². The fraction of sp³-hybridized carbons (Fsp3) is 0.182. The molecule has 0 bridgehead atoms. The third-order valence-corrected chi connectivity index (χ3v) is 2.90. The van der Waals surface area contributed by atoms with Crippen molar-refractivity contribution in [2.75, 3.05) is 0 Å². The van der Waals surface area contributed by atoms with Crippen molar-refractivity contribution in [1.82, 2.24) is 15.0 Å². The summed E-state index contributed by atoms with van der Waals surface area (Å²) in [4.78, 5) is 10.8. The number of carboxylic acids is 1. The first kappa shape index (κ1) is 12.7. The van der Waals surface area contributed by atoms with Crippen molar-refractivity contribution < 1.29 is 14.3 Å². The molecule has 0 saturated carbocycles. The molecule has 0 aliphatic carbocycles. The molecule has 1 aromatic heterocycles. The van der Waals surface area contributed by atoms with Gasteiger partial charge in [-0.1, -0.05) is 21.1 Å². The van der Waals surface area contributed by atoms with Crippen LogP contribution in [0.1, 0.15) is 21.7 Å². The number of aromatic carboxylic acids is 1. The number of halogens is 2. The molecule has 0 aliphatic rings. The number of nitrogens with zero attached hydrogens (tertiary/aromatic N) is 3. The summed E-state index contributed by atoms with van der Waals surface area (Å²) in [7, 11) is 0. The lowest BCUT2D eigenvalue weighted by Crippen LogP contribution is -2.06. The number of rotatable bonds is 3. The number of aromatic nitrogens is 3. The van der Waals surface area contributed by atoms with Crippen LogP contribution in [0.5, 0.6) is 0 Å². The molecule has 1 aromatic carbocycles. The van der Waals surface area contributed by atoms with E-state index in [9.17, 15) is 9.18 Å². The second-order valence-electron chi connectivity index (χ2n) is 3.76. The zero-order valence-electron chi connectivity index (χ0n) is 9.39. The average molecular weight is 314 g/mol. The van der Waals surface area contributed by atoms with Crippen LogP contribution in [0.2, 0.25) is 0 Å². The van der Waals surface area contributed by atoms with Gasteiger partial charge in [-0.3, -0.25) is 0 Å². The van der Waals surface area contributed by atoms with Crippen molar-refractivity contribution in [3.05, 3.63) is 45.4 Å². The summed E-state index contributed by atoms with van der Waals surface area (Å²) in [5.74, 6) is -1.49. The highest BCUT2D eigenvalue weighted by Crippen LogP contribution is 2.16. The van der Waals surface area contributed by atoms with Crippen LogP contribution in [-0.4, -0.2) is 26.1 Å². The van der Waals surface area contributed by atoms with Crippen LogP contribution < -0.4 is 0 Å². The molecule has 0 aliphatic heterocycles. The lowest BCUT2D eigenvalue weighted by molar-refractivity contribution is 0.0689. The Hall–Kier alpha value is -1.76. The van der Waals surface area contributed by atoms with Crippen LogP contribution >= 0.6 is 15.9 Å². The molecule has 0 unspecified atom stereocenters. The molecular weight excluding hydrogens is 305 g/mol. The number of benzene rings is 1. The van der Waals surface area contributed by atoms with Crippen molar-refractivity contribution in [3.63, 3.8) is 0 Å². The second-order valence-corrected chi connectivity index (χ2v) is 4.68. The molecule has 0 amide bonds. The maximum Gasteiger partial charge on any atom is 0.358 e. The van der Waals surface area contributed by atoms with Crippen LogP contribution in [0.25, 0.3) is 0 Å². The third-order valence-electron chi connectivity index (χ3n) is 2.44. The minimum atomic E-state index is -1.13. The molecule has 1 N–H and O–H groups in total. The van der Waals surface area contributed by atoms with Crippen molar-refractivity contribution in [3.8, 4) is 0 Å². The Balaban J connectivity index is 2.31. The first-order chi connectivity index (χ1) is 8.47. The molecule has 7 heteroatoms. The first-order valence-electron chi connectivity index (χ1n) is 5.05. The highest BCUT2D eigenvalue weighted by molar-refractivity contribution is 9.10. The van der Waals surface area contributed by atoms with Crippen LogP contribution in [0, 0.1) is 12.7 Å². The molecular formula is C11H9BrFN3O2. The molecule has 18 heavy (non-hydrogen) atoms. The predicted octanol–water partition coefficient (Wildman–Crippen LogP) is 2.23. The number of hydrogen-bond donors (Lipinski definition) is 1. The van der Waals surface area contributed by atoms with E-state index in [1.807, 2.05) is 0 Å². The van der Waals surface area contributed by atoms with Crippen molar-refractivity contribution in [2.24, 2.45) is 0 Å². The van der Waals surface area contributed by atoms with Crippen LogP contribution in [0.15, 0.2) is 22.7 Å². The van der Waals surface area contributed by atoms with Gasteiger partial charge in [0, 0.05) is 4.47 Å². The fourth-order valence-corrected chi connectivity index (χ4v) is 2.10. The number of hydrogen-bond acceptors (Lipinski definition) is 3. The highest BCUT2D eigenvalue weighted by Gasteiger charge is 2.15. The zero-order chi connectivity index (χ0) is 13.3. The van der Waals surface area contributed by atoms with E-state index < -0.39 is 5.97 Å². The SMILES string of the molecule is Cc1c(C(=O)O)nnn1Cc1cc(F)cc(Br)c1. The normalized spacial score (nSPS) is 10.6. The summed E-state index contributed by atoms with van der Waals surface area (Å²) in [6, 6.07) is 4.46. The van der Waals surface area contributed by atoms with E-state index in [0.717, 1.165) is 0 Å². The monoisotopic (exact) mass is 313 g/mol. The Morgan fingerprint density at radius 2 is 2.22 bits per heavy atom. The Morgan fingerprint density at radius 3 is 2.78 bits per heavy atom. The maximum absolute atomic E-state index is 13.2. The lowest BCUT2D eigenvalue weighted by atomic mass is 10.2. The van der Waals surface area contributed by atoms with Gasteiger partial charge in [-0.2, -0.15) is 0 Å². The van der Waals surface area contributed by atoms with Crippen LogP contribution in [-0.2, 0) is 6.54 Å². The molecule has 0 saturated heterocycles. The average Bonchev–Trinajstić information content (AvgIpc) is 2.59. The van der Waals surface area contributed by atoms with Gasteiger partial charge in [0.05, 0.1) is 12.2 Å². The predicted molar refractivity (Wildman–Crippen MR) is 64.9 cm³/mol. The molecule has 5 nitrogen and oxygen atoms in total. The van der Waals surface area contributed by atoms with Gasteiger partial charge in [-0.25, -0.2) is 13.9 Å². The Kier molecular flexibility index (Phi) is 3.42. The van der Waals surface area contributed by atoms with Gasteiger partial charge < -0.3 is 5.11 Å². The van der Waals surface area contributed by atoms with Gasteiger partial charge in [0.25, 0.3) is 0 Å². The second kappa shape index (κ2) is 4.85. The standard InChI is InChI=1S/C11H9BrFN3O2/c1-6-10(11(17)18)14-15-16(6)5-7-2-8(12)4-9(13)3-7/h2-4H,5H2,1H3,(H,17,18). The van der Waals surface area contributed by atoms with Crippen molar-refractivity contribution in [1.29, 1.82) is 0 Å². The lowest BCUT2D eigenvalue weighted by Gasteiger charge is -2.04. The highest BCUT2D eigenvalue weighted by atomic mass is 79.9. The fourth-order valence-electron chi connectivity index (χ4n) is 1.58. The molecule has 0 spiro atoms. The minimum Gasteiger partial charge on any atom is -0.476 e. The van der Waals surface area contributed by atoms with Gasteiger partial charge in [-0.05, 0) is 30.7 Å². The molecule has 0 atom stereocenters. The topological polar surface area (TPSA) is 68.0 Å². The zero-order valence-corrected chi connectivity index (χ0v) is 11.0. The van der Waals surface area contributed by atoms with E-state index in [1.165, 1.54) is 16.8 Å². The molecule has 2 rings (SSSR count). The summed E-state index contributed by atoms with van der Waals surface area (Å²) < 4.78 is 15.2. The number of carbonyl (C=O) groups is 1. The summed E-state index contributed by atoms with van der Waals surface area (Å²) in [6.07, 6.45) is 0. The van der Waals surface area contributed by atoms with E-state index in [1.54, 1.807) is 13.0 Å². The van der Waals surface area contributed by atoms with Crippen molar-refractivity contribution in [2.45, 2.75) is 13.5 Å². The van der Waals surface area contributed by atoms with Gasteiger partial charge >= 0.3 is 5.97 Å². The van der Waals surface area contributed by atoms with Crippen LogP contribution in [0.3, 0.4) is 0 Å². The molecule has 0 radical (unpaired) electrons. The van der Waals surface area contributed by atoms with Gasteiger partial charge in [-0.15, -0.1) is 5.10 Å². The first-order valence-corrected chi connectivity index (χ1v) is 5.85. The summed E-state index contributed by atoms with van der Waals surface area (Å²) >= 11 is 3.19. The smallest absolute Gasteiger partial charge is 0.358 e. The van der Waals surface area contributed by atoms with E-state index in [2.05, 4.69) is 26.2 Å². The Bertz CT molecular complexity index is 592. The van der Waals surface area contributed by atoms with E-state index >= 15 is 0 Å². The maximum atomic E-state index is 13.2. The van der Waals surface area contributed by atoms with E-state index in [-0.39, 0.29) is 18.1 Å². The van der Waals surface area contributed by atoms with E-state index in [4.69, 9.17) is 5.11 Å². The Morgan fingerprint density at radius 1 is 1.50 bits per heavy atom. The number of carboxylic acid groups (broad SMARTS) is 1. The third kappa shape index (κ3) is 2.56. The summed E-state index contributed by atoms with van der Waals surface area (Å²) in [6.45, 7) is 1.88. The van der Waals surface area contributed by atoms with E-state index in [0.29, 0.717) is 15.7 Å². The molecule has 2 aromatic rings. The molecule has 94 valence electrons. The largest absolute Gasteiger partial charge is 0.476 e. The van der Waals surface area contributed by atoms with Crippen LogP contribution in [0.4, 0.5) is 4.39 Å². The molecule has 1 heterocycles. The Labute approximate surface area is 110 Å².